The number of primary amides is 1. The van der Waals surface area contributed by atoms with Gasteiger partial charge in [-0.1, -0.05) is 0 Å². The molecular formula is C12H15N3O5. The second kappa shape index (κ2) is 6.00. The second-order valence-electron chi connectivity index (χ2n) is 4.43. The normalized spacial score (nSPS) is 11.7. The van der Waals surface area contributed by atoms with Gasteiger partial charge in [-0.3, -0.25) is 10.1 Å². The number of rotatable bonds is 5. The summed E-state index contributed by atoms with van der Waals surface area (Å²) >= 11 is 0. The van der Waals surface area contributed by atoms with Gasteiger partial charge in [0, 0.05) is 18.1 Å². The van der Waals surface area contributed by atoms with E-state index in [2.05, 4.69) is 0 Å². The van der Waals surface area contributed by atoms with Crippen LogP contribution in [0, 0.1) is 24.0 Å². The molecule has 20 heavy (non-hydrogen) atoms. The number of nitrogens with two attached hydrogens (primary N) is 1. The van der Waals surface area contributed by atoms with Crippen LogP contribution >= 0.6 is 0 Å². The van der Waals surface area contributed by atoms with E-state index in [1.54, 1.807) is 19.9 Å². The highest BCUT2D eigenvalue weighted by Crippen LogP contribution is 2.24. The summed E-state index contributed by atoms with van der Waals surface area (Å²) in [6, 6.07) is 0.622. The highest BCUT2D eigenvalue weighted by Gasteiger charge is 2.24. The lowest BCUT2D eigenvalue weighted by Gasteiger charge is -2.14. The summed E-state index contributed by atoms with van der Waals surface area (Å²) in [5, 5.41) is 22.0. The van der Waals surface area contributed by atoms with E-state index in [0.29, 0.717) is 0 Å². The van der Waals surface area contributed by atoms with Gasteiger partial charge in [0.25, 0.3) is 5.69 Å². The lowest BCUT2D eigenvalue weighted by atomic mass is 9.99. The molecule has 1 atom stereocenters. The lowest BCUT2D eigenvalue weighted by Crippen LogP contribution is -2.45. The first kappa shape index (κ1) is 15.4. The molecule has 0 radical (unpaired) electrons. The van der Waals surface area contributed by atoms with Crippen molar-refractivity contribution in [2.75, 3.05) is 0 Å². The fourth-order valence-corrected chi connectivity index (χ4v) is 1.79. The molecule has 0 aliphatic carbocycles. The minimum Gasteiger partial charge on any atom is -0.480 e. The van der Waals surface area contributed by atoms with Crippen molar-refractivity contribution in [2.45, 2.75) is 26.3 Å². The number of hydrogen-bond acceptors (Lipinski definition) is 4. The first-order chi connectivity index (χ1) is 9.22. The number of carboxylic acids is 1. The molecule has 0 saturated heterocycles. The van der Waals surface area contributed by atoms with Crippen molar-refractivity contribution in [1.82, 2.24) is 5.32 Å². The van der Waals surface area contributed by atoms with E-state index < -0.39 is 23.0 Å². The number of benzene rings is 1. The summed E-state index contributed by atoms with van der Waals surface area (Å²) in [7, 11) is 0. The predicted molar refractivity (Wildman–Crippen MR) is 70.4 cm³/mol. The van der Waals surface area contributed by atoms with Crippen molar-refractivity contribution < 1.29 is 19.6 Å². The van der Waals surface area contributed by atoms with Crippen molar-refractivity contribution in [2.24, 2.45) is 5.73 Å². The molecule has 8 nitrogen and oxygen atoms in total. The molecule has 0 bridgehead atoms. The maximum absolute atomic E-state index is 11.0. The van der Waals surface area contributed by atoms with Crippen LogP contribution < -0.4 is 11.1 Å². The molecule has 0 spiro atoms. The topological polar surface area (TPSA) is 136 Å². The van der Waals surface area contributed by atoms with Crippen LogP contribution in [-0.4, -0.2) is 28.1 Å². The van der Waals surface area contributed by atoms with Crippen molar-refractivity contribution in [3.8, 4) is 0 Å². The Morgan fingerprint density at radius 3 is 2.40 bits per heavy atom. The maximum Gasteiger partial charge on any atom is 0.326 e. The van der Waals surface area contributed by atoms with Gasteiger partial charge in [0.1, 0.15) is 6.04 Å². The lowest BCUT2D eigenvalue weighted by molar-refractivity contribution is -0.385. The number of carbonyl (C=O) groups is 2. The Morgan fingerprint density at radius 1 is 1.40 bits per heavy atom. The molecule has 0 aromatic heterocycles. The SMILES string of the molecule is Cc1cc(C[C@H](NC(N)=O)C(=O)O)c([N+](=O)[O-])cc1C. The predicted octanol–water partition coefficient (Wildman–Crippen LogP) is 0.876. The second-order valence-corrected chi connectivity index (χ2v) is 4.43. The molecule has 0 aliphatic heterocycles. The summed E-state index contributed by atoms with van der Waals surface area (Å²) < 4.78 is 0. The van der Waals surface area contributed by atoms with E-state index in [1.165, 1.54) is 6.07 Å². The quantitative estimate of drug-likeness (QED) is 0.543. The largest absolute Gasteiger partial charge is 0.480 e. The molecule has 2 amide bonds. The van der Waals surface area contributed by atoms with E-state index in [9.17, 15) is 19.7 Å². The molecule has 0 saturated carbocycles. The number of carbonyl (C=O) groups excluding carboxylic acids is 1. The van der Waals surface area contributed by atoms with E-state index in [4.69, 9.17) is 10.8 Å². The number of amides is 2. The van der Waals surface area contributed by atoms with Crippen LogP contribution in [0.1, 0.15) is 16.7 Å². The van der Waals surface area contributed by atoms with Crippen LogP contribution in [0.5, 0.6) is 0 Å². The number of nitrogens with zero attached hydrogens (tertiary/aromatic N) is 1. The molecule has 0 fully saturated rings. The number of urea groups is 1. The maximum atomic E-state index is 11.0. The van der Waals surface area contributed by atoms with Gasteiger partial charge >= 0.3 is 12.0 Å². The summed E-state index contributed by atoms with van der Waals surface area (Å²) in [4.78, 5) is 32.2. The van der Waals surface area contributed by atoms with Crippen molar-refractivity contribution >= 4 is 17.7 Å². The van der Waals surface area contributed by atoms with Crippen molar-refractivity contribution in [3.63, 3.8) is 0 Å². The van der Waals surface area contributed by atoms with Gasteiger partial charge < -0.3 is 16.2 Å². The summed E-state index contributed by atoms with van der Waals surface area (Å²) in [5.41, 5.74) is 6.48. The Morgan fingerprint density at radius 2 is 1.95 bits per heavy atom. The monoisotopic (exact) mass is 281 g/mol. The zero-order valence-electron chi connectivity index (χ0n) is 11.0. The third-order valence-corrected chi connectivity index (χ3v) is 2.93. The van der Waals surface area contributed by atoms with Gasteiger partial charge in [-0.15, -0.1) is 0 Å². The average molecular weight is 281 g/mol. The molecule has 0 aliphatic rings. The minimum absolute atomic E-state index is 0.175. The minimum atomic E-state index is -1.31. The average Bonchev–Trinajstić information content (AvgIpc) is 2.31. The van der Waals surface area contributed by atoms with Crippen LogP contribution in [0.25, 0.3) is 0 Å². The number of carboxylic acid groups (broad SMARTS) is 1. The van der Waals surface area contributed by atoms with Gasteiger partial charge in [-0.2, -0.15) is 0 Å². The van der Waals surface area contributed by atoms with E-state index in [-0.39, 0.29) is 17.7 Å². The van der Waals surface area contributed by atoms with Crippen LogP contribution in [0.15, 0.2) is 12.1 Å². The van der Waals surface area contributed by atoms with E-state index >= 15 is 0 Å². The third-order valence-electron chi connectivity index (χ3n) is 2.93. The Bertz CT molecular complexity index is 570. The molecule has 0 unspecified atom stereocenters. The Labute approximate surface area is 114 Å². The highest BCUT2D eigenvalue weighted by molar-refractivity contribution is 5.82. The number of nitrogens with one attached hydrogen (secondary N) is 1. The Kier molecular flexibility index (Phi) is 4.63. The summed E-state index contributed by atoms with van der Waals surface area (Å²) in [5.74, 6) is -1.31. The number of aliphatic carboxylic acids is 1. The van der Waals surface area contributed by atoms with Gasteiger partial charge in [0.05, 0.1) is 4.92 Å². The third kappa shape index (κ3) is 3.67. The molecule has 0 heterocycles. The summed E-state index contributed by atoms with van der Waals surface area (Å²) in [6.45, 7) is 3.49. The van der Waals surface area contributed by atoms with Crippen LogP contribution in [0.4, 0.5) is 10.5 Å². The fourth-order valence-electron chi connectivity index (χ4n) is 1.79. The van der Waals surface area contributed by atoms with Gasteiger partial charge in [0.15, 0.2) is 0 Å². The van der Waals surface area contributed by atoms with Crippen LogP contribution in [0.3, 0.4) is 0 Å². The summed E-state index contributed by atoms with van der Waals surface area (Å²) in [6.07, 6.45) is -0.213. The fraction of sp³-hybridized carbons (Fsp3) is 0.333. The first-order valence-corrected chi connectivity index (χ1v) is 5.75. The zero-order chi connectivity index (χ0) is 15.4. The van der Waals surface area contributed by atoms with E-state index in [0.717, 1.165) is 11.1 Å². The van der Waals surface area contributed by atoms with Gasteiger partial charge in [-0.25, -0.2) is 9.59 Å². The Hall–Kier alpha value is -2.64. The molecule has 4 N–H and O–H groups in total. The molecule has 108 valence electrons. The van der Waals surface area contributed by atoms with Gasteiger partial charge in [0.2, 0.25) is 0 Å². The molecule has 1 aromatic rings. The zero-order valence-corrected chi connectivity index (χ0v) is 11.0. The molecule has 8 heteroatoms. The molecule has 1 aromatic carbocycles. The van der Waals surface area contributed by atoms with Crippen molar-refractivity contribution in [1.29, 1.82) is 0 Å². The van der Waals surface area contributed by atoms with Crippen molar-refractivity contribution in [3.05, 3.63) is 38.9 Å². The van der Waals surface area contributed by atoms with Gasteiger partial charge in [-0.05, 0) is 31.0 Å². The number of nitro groups is 1. The van der Waals surface area contributed by atoms with Crippen LogP contribution in [-0.2, 0) is 11.2 Å². The standard InChI is InChI=1S/C12H15N3O5/c1-6-3-8(10(15(19)20)4-7(6)2)5-9(11(16)17)14-12(13)18/h3-4,9H,5H2,1-2H3,(H,16,17)(H3,13,14,18)/t9-/m0/s1. The molecule has 1 rings (SSSR count). The number of nitro benzene ring substituents is 1. The Balaban J connectivity index is 3.17. The number of aryl methyl sites for hydroxylation is 2. The van der Waals surface area contributed by atoms with Crippen LogP contribution in [0.2, 0.25) is 0 Å². The smallest absolute Gasteiger partial charge is 0.326 e. The first-order valence-electron chi connectivity index (χ1n) is 5.75. The molecular weight excluding hydrogens is 266 g/mol. The van der Waals surface area contributed by atoms with E-state index in [1.807, 2.05) is 5.32 Å². The highest BCUT2D eigenvalue weighted by atomic mass is 16.6. The number of hydrogen-bond donors (Lipinski definition) is 3.